The van der Waals surface area contributed by atoms with E-state index in [1.54, 1.807) is 43.1 Å². The van der Waals surface area contributed by atoms with E-state index >= 15 is 0 Å². The van der Waals surface area contributed by atoms with Crippen LogP contribution in [0.5, 0.6) is 0 Å². The second-order valence-corrected chi connectivity index (χ2v) is 5.26. The fourth-order valence-electron chi connectivity index (χ4n) is 2.18. The molecule has 1 N–H and O–H groups in total. The van der Waals surface area contributed by atoms with Gasteiger partial charge in [0.15, 0.2) is 0 Å². The summed E-state index contributed by atoms with van der Waals surface area (Å²) in [4.78, 5) is 28.6. The van der Waals surface area contributed by atoms with Gasteiger partial charge in [0.1, 0.15) is 19.2 Å². The number of benzene rings is 1. The van der Waals surface area contributed by atoms with Crippen molar-refractivity contribution in [1.82, 2.24) is 19.7 Å². The van der Waals surface area contributed by atoms with Crippen molar-refractivity contribution in [3.8, 4) is 5.69 Å². The van der Waals surface area contributed by atoms with Crippen LogP contribution in [0, 0.1) is 6.92 Å². The molecule has 1 heterocycles. The smallest absolute Gasteiger partial charge is 0.323 e. The lowest BCUT2D eigenvalue weighted by molar-refractivity contribution is -0.138. The Morgan fingerprint density at radius 1 is 1.36 bits per heavy atom. The van der Waals surface area contributed by atoms with E-state index in [9.17, 15) is 9.59 Å². The van der Waals surface area contributed by atoms with Crippen molar-refractivity contribution in [1.29, 1.82) is 0 Å². The minimum absolute atomic E-state index is 0.195. The summed E-state index contributed by atoms with van der Waals surface area (Å²) in [5, 5.41) is 13.0. The van der Waals surface area contributed by atoms with Crippen molar-refractivity contribution in [3.63, 3.8) is 0 Å². The predicted molar refractivity (Wildman–Crippen MR) is 79.9 cm³/mol. The minimum Gasteiger partial charge on any atom is -0.480 e. The number of hydrogen-bond acceptors (Lipinski definition) is 4. The maximum Gasteiger partial charge on any atom is 0.323 e. The molecule has 0 radical (unpaired) electrons. The molecule has 1 aromatic carbocycles. The van der Waals surface area contributed by atoms with Crippen LogP contribution in [0.15, 0.2) is 30.9 Å². The van der Waals surface area contributed by atoms with E-state index in [0.29, 0.717) is 5.56 Å². The molecular weight excluding hydrogens is 284 g/mol. The van der Waals surface area contributed by atoms with E-state index < -0.39 is 5.97 Å². The lowest BCUT2D eigenvalue weighted by Crippen LogP contribution is -2.40. The second kappa shape index (κ2) is 6.38. The van der Waals surface area contributed by atoms with Crippen LogP contribution in [-0.4, -0.2) is 49.2 Å². The molecule has 0 bridgehead atoms. The quantitative estimate of drug-likeness (QED) is 0.904. The molecule has 0 aliphatic heterocycles. The van der Waals surface area contributed by atoms with Crippen molar-refractivity contribution in [3.05, 3.63) is 42.0 Å². The van der Waals surface area contributed by atoms with Crippen molar-refractivity contribution < 1.29 is 14.7 Å². The highest BCUT2D eigenvalue weighted by Crippen LogP contribution is 2.17. The molecule has 22 heavy (non-hydrogen) atoms. The molecule has 2 rings (SSSR count). The average molecular weight is 302 g/mol. The SMILES string of the molecule is Cc1cc(C(=O)N(CC(=O)O)C(C)C)ccc1-n1cncn1. The average Bonchev–Trinajstić information content (AvgIpc) is 2.97. The molecule has 116 valence electrons. The molecule has 7 heteroatoms. The predicted octanol–water partition coefficient (Wildman–Crippen LogP) is 1.51. The summed E-state index contributed by atoms with van der Waals surface area (Å²) in [7, 11) is 0. The Bertz CT molecular complexity index is 680. The first kappa shape index (κ1) is 15.7. The molecule has 0 saturated heterocycles. The van der Waals surface area contributed by atoms with Gasteiger partial charge in [-0.25, -0.2) is 9.67 Å². The second-order valence-electron chi connectivity index (χ2n) is 5.26. The largest absolute Gasteiger partial charge is 0.480 e. The van der Waals surface area contributed by atoms with Gasteiger partial charge in [-0.15, -0.1) is 0 Å². The lowest BCUT2D eigenvalue weighted by Gasteiger charge is -2.25. The summed E-state index contributed by atoms with van der Waals surface area (Å²) in [5.41, 5.74) is 2.13. The van der Waals surface area contributed by atoms with Gasteiger partial charge >= 0.3 is 5.97 Å². The van der Waals surface area contributed by atoms with E-state index in [-0.39, 0.29) is 18.5 Å². The van der Waals surface area contributed by atoms with E-state index in [0.717, 1.165) is 11.3 Å². The summed E-state index contributed by atoms with van der Waals surface area (Å²) in [6, 6.07) is 4.98. The first-order chi connectivity index (χ1) is 10.4. The van der Waals surface area contributed by atoms with Crippen LogP contribution in [0.25, 0.3) is 5.69 Å². The molecule has 0 aliphatic rings. The normalized spacial score (nSPS) is 10.7. The molecule has 0 aliphatic carbocycles. The van der Waals surface area contributed by atoms with Gasteiger partial charge < -0.3 is 10.0 Å². The molecule has 0 atom stereocenters. The Hall–Kier alpha value is -2.70. The van der Waals surface area contributed by atoms with Crippen molar-refractivity contribution >= 4 is 11.9 Å². The molecule has 0 saturated carbocycles. The summed E-state index contributed by atoms with van der Waals surface area (Å²) < 4.78 is 1.61. The third kappa shape index (κ3) is 3.30. The fourth-order valence-corrected chi connectivity index (χ4v) is 2.18. The first-order valence-electron chi connectivity index (χ1n) is 6.88. The van der Waals surface area contributed by atoms with Crippen LogP contribution >= 0.6 is 0 Å². The Kier molecular flexibility index (Phi) is 4.55. The number of aryl methyl sites for hydroxylation is 1. The van der Waals surface area contributed by atoms with E-state index in [1.807, 2.05) is 6.92 Å². The van der Waals surface area contributed by atoms with Gasteiger partial charge in [-0.3, -0.25) is 9.59 Å². The Morgan fingerprint density at radius 3 is 2.59 bits per heavy atom. The number of amides is 1. The number of nitrogens with zero attached hydrogens (tertiary/aromatic N) is 4. The van der Waals surface area contributed by atoms with Gasteiger partial charge in [0.05, 0.1) is 5.69 Å². The summed E-state index contributed by atoms with van der Waals surface area (Å²) in [6.45, 7) is 5.13. The van der Waals surface area contributed by atoms with Gasteiger partial charge in [0, 0.05) is 11.6 Å². The Labute approximate surface area is 128 Å². The molecule has 0 fully saturated rings. The molecule has 1 aromatic heterocycles. The number of carboxylic acid groups (broad SMARTS) is 1. The number of aliphatic carboxylic acids is 1. The highest BCUT2D eigenvalue weighted by molar-refractivity contribution is 5.96. The van der Waals surface area contributed by atoms with Crippen LogP contribution in [-0.2, 0) is 4.79 Å². The minimum atomic E-state index is -1.03. The third-order valence-corrected chi connectivity index (χ3v) is 3.30. The van der Waals surface area contributed by atoms with Gasteiger partial charge in [-0.05, 0) is 44.5 Å². The van der Waals surface area contributed by atoms with E-state index in [4.69, 9.17) is 5.11 Å². The number of rotatable bonds is 5. The van der Waals surface area contributed by atoms with Crippen molar-refractivity contribution in [2.45, 2.75) is 26.8 Å². The highest BCUT2D eigenvalue weighted by Gasteiger charge is 2.21. The van der Waals surface area contributed by atoms with Crippen LogP contribution in [0.4, 0.5) is 0 Å². The molecule has 2 aromatic rings. The standard InChI is InChI=1S/C15H18N4O3/c1-10(2)18(7-14(20)21)15(22)12-4-5-13(11(3)6-12)19-9-16-8-17-19/h4-6,8-10H,7H2,1-3H3,(H,20,21). The molecular formula is C15H18N4O3. The molecule has 0 unspecified atom stereocenters. The third-order valence-electron chi connectivity index (χ3n) is 3.30. The number of hydrogen-bond donors (Lipinski definition) is 1. The molecule has 1 amide bonds. The van der Waals surface area contributed by atoms with E-state index in [2.05, 4.69) is 10.1 Å². The number of aromatic nitrogens is 3. The molecule has 0 spiro atoms. The first-order valence-corrected chi connectivity index (χ1v) is 6.88. The summed E-state index contributed by atoms with van der Waals surface area (Å²) in [6.07, 6.45) is 3.01. The lowest BCUT2D eigenvalue weighted by atomic mass is 10.1. The van der Waals surface area contributed by atoms with Gasteiger partial charge in [0.25, 0.3) is 5.91 Å². The maximum atomic E-state index is 12.5. The van der Waals surface area contributed by atoms with Crippen LogP contribution in [0.2, 0.25) is 0 Å². The Balaban J connectivity index is 2.30. The van der Waals surface area contributed by atoms with Gasteiger partial charge in [0.2, 0.25) is 0 Å². The molecule has 7 nitrogen and oxygen atoms in total. The zero-order valence-corrected chi connectivity index (χ0v) is 12.7. The zero-order chi connectivity index (χ0) is 16.3. The number of carbonyl (C=O) groups excluding carboxylic acids is 1. The number of carboxylic acids is 1. The van der Waals surface area contributed by atoms with Crippen molar-refractivity contribution in [2.24, 2.45) is 0 Å². The number of carbonyl (C=O) groups is 2. The van der Waals surface area contributed by atoms with Gasteiger partial charge in [-0.1, -0.05) is 0 Å². The zero-order valence-electron chi connectivity index (χ0n) is 12.7. The van der Waals surface area contributed by atoms with Crippen LogP contribution < -0.4 is 0 Å². The summed E-state index contributed by atoms with van der Waals surface area (Å²) >= 11 is 0. The van der Waals surface area contributed by atoms with Crippen LogP contribution in [0.3, 0.4) is 0 Å². The van der Waals surface area contributed by atoms with Crippen LogP contribution in [0.1, 0.15) is 29.8 Å². The Morgan fingerprint density at radius 2 is 2.09 bits per heavy atom. The topological polar surface area (TPSA) is 88.3 Å². The van der Waals surface area contributed by atoms with Crippen molar-refractivity contribution in [2.75, 3.05) is 6.54 Å². The monoisotopic (exact) mass is 302 g/mol. The van der Waals surface area contributed by atoms with E-state index in [1.165, 1.54) is 11.2 Å². The van der Waals surface area contributed by atoms with Gasteiger partial charge in [-0.2, -0.15) is 5.10 Å². The highest BCUT2D eigenvalue weighted by atomic mass is 16.4. The fraction of sp³-hybridized carbons (Fsp3) is 0.333. The maximum absolute atomic E-state index is 12.5. The summed E-state index contributed by atoms with van der Waals surface area (Å²) in [5.74, 6) is -1.33.